The van der Waals surface area contributed by atoms with Crippen LogP contribution in [0.1, 0.15) is 0 Å². The minimum atomic E-state index is -0.846. The van der Waals surface area contributed by atoms with Crippen LogP contribution in [0.2, 0.25) is 0 Å². The van der Waals surface area contributed by atoms with Crippen molar-refractivity contribution in [1.82, 2.24) is 9.97 Å². The van der Waals surface area contributed by atoms with E-state index in [0.29, 0.717) is 0 Å². The van der Waals surface area contributed by atoms with E-state index in [2.05, 4.69) is 34.2 Å². The average Bonchev–Trinajstić information content (AvgIpc) is 3.16. The maximum atomic E-state index is 10.8. The molecule has 0 bridgehead atoms. The minimum Gasteiger partial charge on any atom is -0.481 e. The first kappa shape index (κ1) is 14.6. The van der Waals surface area contributed by atoms with E-state index in [1.807, 2.05) is 12.1 Å². The Labute approximate surface area is 143 Å². The molecule has 0 aliphatic carbocycles. The Balaban J connectivity index is 1.79. The summed E-state index contributed by atoms with van der Waals surface area (Å²) >= 11 is 4.59. The number of nitrogens with zero attached hydrogens (tertiary/aromatic N) is 2. The van der Waals surface area contributed by atoms with Crippen molar-refractivity contribution >= 4 is 60.7 Å². The summed E-state index contributed by atoms with van der Waals surface area (Å²) in [6.07, 6.45) is 1.50. The number of thiophene rings is 2. The fraction of sp³-hybridized carbons (Fsp3) is 0.0625. The standard InChI is InChI=1S/C16H10N2O2S3/c19-14(20)7-21-15-10-6-13(23-16(10)18-8-17-15)12-5-9-3-1-2-4-11(9)22-12/h1-6,8H,7H2,(H,19,20). The molecule has 4 rings (SSSR count). The lowest BCUT2D eigenvalue weighted by atomic mass is 10.2. The van der Waals surface area contributed by atoms with E-state index in [9.17, 15) is 4.79 Å². The molecule has 4 aromatic rings. The molecule has 114 valence electrons. The Bertz CT molecular complexity index is 989. The highest BCUT2D eigenvalue weighted by molar-refractivity contribution is 8.00. The van der Waals surface area contributed by atoms with Gasteiger partial charge in [0.15, 0.2) is 0 Å². The number of benzene rings is 1. The van der Waals surface area contributed by atoms with Gasteiger partial charge in [0.25, 0.3) is 0 Å². The Kier molecular flexibility index (Phi) is 3.76. The molecule has 0 atom stereocenters. The Hall–Kier alpha value is -1.96. The molecule has 0 spiro atoms. The fourth-order valence-electron chi connectivity index (χ4n) is 2.30. The molecule has 23 heavy (non-hydrogen) atoms. The lowest BCUT2D eigenvalue weighted by molar-refractivity contribution is -0.133. The van der Waals surface area contributed by atoms with Gasteiger partial charge in [0.1, 0.15) is 16.2 Å². The van der Waals surface area contributed by atoms with Crippen molar-refractivity contribution in [2.75, 3.05) is 5.75 Å². The van der Waals surface area contributed by atoms with Crippen molar-refractivity contribution in [1.29, 1.82) is 0 Å². The topological polar surface area (TPSA) is 63.1 Å². The highest BCUT2D eigenvalue weighted by Gasteiger charge is 2.13. The van der Waals surface area contributed by atoms with Gasteiger partial charge >= 0.3 is 5.97 Å². The number of aliphatic carboxylic acids is 1. The summed E-state index contributed by atoms with van der Waals surface area (Å²) in [6, 6.07) is 12.5. The van der Waals surface area contributed by atoms with Crippen molar-refractivity contribution in [2.24, 2.45) is 0 Å². The van der Waals surface area contributed by atoms with Gasteiger partial charge < -0.3 is 5.11 Å². The van der Waals surface area contributed by atoms with Crippen molar-refractivity contribution < 1.29 is 9.90 Å². The van der Waals surface area contributed by atoms with Crippen LogP contribution in [0.3, 0.4) is 0 Å². The first-order valence-electron chi connectivity index (χ1n) is 6.79. The van der Waals surface area contributed by atoms with E-state index in [0.717, 1.165) is 20.1 Å². The molecule has 1 aromatic carbocycles. The highest BCUT2D eigenvalue weighted by Crippen LogP contribution is 2.40. The van der Waals surface area contributed by atoms with Crippen LogP contribution in [0, 0.1) is 0 Å². The molecule has 4 nitrogen and oxygen atoms in total. The van der Waals surface area contributed by atoms with Gasteiger partial charge in [0.05, 0.1) is 5.75 Å². The van der Waals surface area contributed by atoms with Crippen LogP contribution in [0.25, 0.3) is 30.1 Å². The molecule has 0 unspecified atom stereocenters. The molecular formula is C16H10N2O2S3. The number of rotatable bonds is 4. The summed E-state index contributed by atoms with van der Waals surface area (Å²) in [4.78, 5) is 22.5. The molecule has 0 saturated carbocycles. The molecule has 7 heteroatoms. The molecule has 0 aliphatic rings. The summed E-state index contributed by atoms with van der Waals surface area (Å²) < 4.78 is 1.26. The van der Waals surface area contributed by atoms with Gasteiger partial charge in [-0.05, 0) is 23.6 Å². The zero-order valence-corrected chi connectivity index (χ0v) is 14.2. The number of carbonyl (C=O) groups is 1. The van der Waals surface area contributed by atoms with Crippen LogP contribution in [0.4, 0.5) is 0 Å². The second kappa shape index (κ2) is 5.92. The summed E-state index contributed by atoms with van der Waals surface area (Å²) in [5.41, 5.74) is 0. The summed E-state index contributed by atoms with van der Waals surface area (Å²) in [5.74, 6) is -0.845. The minimum absolute atomic E-state index is 0.000180. The maximum absolute atomic E-state index is 10.8. The molecule has 0 saturated heterocycles. The third-order valence-electron chi connectivity index (χ3n) is 3.29. The molecule has 0 fully saturated rings. The molecule has 3 aromatic heterocycles. The highest BCUT2D eigenvalue weighted by atomic mass is 32.2. The van der Waals surface area contributed by atoms with Gasteiger partial charge in [-0.25, -0.2) is 9.97 Å². The normalized spacial score (nSPS) is 11.3. The van der Waals surface area contributed by atoms with Crippen LogP contribution in [0.15, 0.2) is 47.8 Å². The molecule has 0 amide bonds. The summed E-state index contributed by atoms with van der Waals surface area (Å²) in [7, 11) is 0. The van der Waals surface area contributed by atoms with Gasteiger partial charge in [-0.3, -0.25) is 4.79 Å². The SMILES string of the molecule is O=C(O)CSc1ncnc2sc(-c3cc4ccccc4s3)cc12. The third-order valence-corrected chi connectivity index (χ3v) is 6.64. The largest absolute Gasteiger partial charge is 0.481 e. The number of hydrogen-bond donors (Lipinski definition) is 1. The quantitative estimate of drug-likeness (QED) is 0.421. The van der Waals surface area contributed by atoms with Crippen LogP contribution in [-0.2, 0) is 4.79 Å². The number of hydrogen-bond acceptors (Lipinski definition) is 6. The zero-order chi connectivity index (χ0) is 15.8. The summed E-state index contributed by atoms with van der Waals surface area (Å²) in [5, 5.41) is 11.7. The van der Waals surface area contributed by atoms with Crippen LogP contribution >= 0.6 is 34.4 Å². The van der Waals surface area contributed by atoms with Gasteiger partial charge in [-0.2, -0.15) is 0 Å². The van der Waals surface area contributed by atoms with Crippen LogP contribution in [-0.4, -0.2) is 26.8 Å². The molecule has 1 N–H and O–H groups in total. The molecular weight excluding hydrogens is 348 g/mol. The van der Waals surface area contributed by atoms with Crippen molar-refractivity contribution in [3.63, 3.8) is 0 Å². The number of carboxylic acids is 1. The lowest BCUT2D eigenvalue weighted by Crippen LogP contribution is -1.98. The Morgan fingerprint density at radius 2 is 1.96 bits per heavy atom. The van der Waals surface area contributed by atoms with E-state index < -0.39 is 5.97 Å². The lowest BCUT2D eigenvalue weighted by Gasteiger charge is -1.97. The van der Waals surface area contributed by atoms with Gasteiger partial charge in [-0.1, -0.05) is 30.0 Å². The Morgan fingerprint density at radius 1 is 1.13 bits per heavy atom. The van der Waals surface area contributed by atoms with E-state index in [1.54, 1.807) is 22.7 Å². The Morgan fingerprint density at radius 3 is 2.78 bits per heavy atom. The fourth-order valence-corrected chi connectivity index (χ4v) is 5.20. The van der Waals surface area contributed by atoms with Crippen molar-refractivity contribution in [3.8, 4) is 9.75 Å². The molecule has 3 heterocycles. The maximum Gasteiger partial charge on any atom is 0.313 e. The third kappa shape index (κ3) is 2.83. The van der Waals surface area contributed by atoms with E-state index in [-0.39, 0.29) is 5.75 Å². The molecule has 0 aliphatic heterocycles. The van der Waals surface area contributed by atoms with Gasteiger partial charge in [0.2, 0.25) is 0 Å². The predicted octanol–water partition coefficient (Wildman–Crippen LogP) is 4.75. The molecule has 0 radical (unpaired) electrons. The zero-order valence-electron chi connectivity index (χ0n) is 11.7. The predicted molar refractivity (Wildman–Crippen MR) is 96.6 cm³/mol. The number of fused-ring (bicyclic) bond motifs is 2. The van der Waals surface area contributed by atoms with Crippen molar-refractivity contribution in [3.05, 3.63) is 42.7 Å². The first-order valence-corrected chi connectivity index (χ1v) is 9.40. The second-order valence-electron chi connectivity index (χ2n) is 4.84. The monoisotopic (exact) mass is 358 g/mol. The van der Waals surface area contributed by atoms with E-state index >= 15 is 0 Å². The second-order valence-corrected chi connectivity index (χ2v) is 7.92. The van der Waals surface area contributed by atoms with E-state index in [4.69, 9.17) is 5.11 Å². The van der Waals surface area contributed by atoms with Crippen LogP contribution < -0.4 is 0 Å². The average molecular weight is 358 g/mol. The van der Waals surface area contributed by atoms with Crippen LogP contribution in [0.5, 0.6) is 0 Å². The summed E-state index contributed by atoms with van der Waals surface area (Å²) in [6.45, 7) is 0. The first-order chi connectivity index (χ1) is 11.2. The number of carboxylic acid groups (broad SMARTS) is 1. The van der Waals surface area contributed by atoms with Gasteiger partial charge in [0, 0.05) is 19.8 Å². The van der Waals surface area contributed by atoms with Crippen molar-refractivity contribution in [2.45, 2.75) is 5.03 Å². The number of aromatic nitrogens is 2. The smallest absolute Gasteiger partial charge is 0.313 e. The number of thioether (sulfide) groups is 1. The van der Waals surface area contributed by atoms with E-state index in [1.165, 1.54) is 33.1 Å². The van der Waals surface area contributed by atoms with Gasteiger partial charge in [-0.15, -0.1) is 22.7 Å².